The SMILES string of the molecule is CCC(C)n1c(C)nnc1CC1CCCNC1. The van der Waals surface area contributed by atoms with Crippen molar-refractivity contribution in [3.05, 3.63) is 11.6 Å². The molecule has 0 aromatic carbocycles. The van der Waals surface area contributed by atoms with Crippen LogP contribution < -0.4 is 5.32 Å². The molecule has 2 rings (SSSR count). The molecule has 0 spiro atoms. The maximum absolute atomic E-state index is 4.36. The van der Waals surface area contributed by atoms with Crippen LogP contribution in [0, 0.1) is 12.8 Å². The molecule has 1 aliphatic rings. The van der Waals surface area contributed by atoms with Crippen LogP contribution in [0.15, 0.2) is 0 Å². The first-order valence-electron chi connectivity index (χ1n) is 6.83. The van der Waals surface area contributed by atoms with Crippen molar-refractivity contribution in [3.8, 4) is 0 Å². The van der Waals surface area contributed by atoms with Gasteiger partial charge in [0, 0.05) is 12.5 Å². The Morgan fingerprint density at radius 1 is 1.47 bits per heavy atom. The molecule has 1 N–H and O–H groups in total. The number of nitrogens with one attached hydrogen (secondary N) is 1. The second-order valence-electron chi connectivity index (χ2n) is 5.21. The highest BCUT2D eigenvalue weighted by Crippen LogP contribution is 2.20. The maximum Gasteiger partial charge on any atom is 0.133 e. The maximum atomic E-state index is 4.36. The van der Waals surface area contributed by atoms with Crippen molar-refractivity contribution in [1.29, 1.82) is 0 Å². The van der Waals surface area contributed by atoms with Crippen molar-refractivity contribution < 1.29 is 0 Å². The summed E-state index contributed by atoms with van der Waals surface area (Å²) in [5, 5.41) is 12.1. The molecule has 0 aliphatic carbocycles. The van der Waals surface area contributed by atoms with Crippen molar-refractivity contribution in [3.63, 3.8) is 0 Å². The summed E-state index contributed by atoms with van der Waals surface area (Å²) in [4.78, 5) is 0. The first-order chi connectivity index (χ1) is 8.22. The molecule has 17 heavy (non-hydrogen) atoms. The lowest BCUT2D eigenvalue weighted by atomic mass is 9.96. The van der Waals surface area contributed by atoms with Crippen LogP contribution in [0.4, 0.5) is 0 Å². The van der Waals surface area contributed by atoms with E-state index < -0.39 is 0 Å². The summed E-state index contributed by atoms with van der Waals surface area (Å²) in [5.41, 5.74) is 0. The second-order valence-corrected chi connectivity index (χ2v) is 5.21. The fourth-order valence-electron chi connectivity index (χ4n) is 2.66. The zero-order chi connectivity index (χ0) is 12.3. The van der Waals surface area contributed by atoms with Crippen molar-refractivity contribution in [2.24, 2.45) is 5.92 Å². The number of piperidine rings is 1. The number of nitrogens with zero attached hydrogens (tertiary/aromatic N) is 3. The summed E-state index contributed by atoms with van der Waals surface area (Å²) in [5.74, 6) is 2.96. The smallest absolute Gasteiger partial charge is 0.133 e. The predicted molar refractivity (Wildman–Crippen MR) is 69.1 cm³/mol. The van der Waals surface area contributed by atoms with Crippen LogP contribution in [0.25, 0.3) is 0 Å². The summed E-state index contributed by atoms with van der Waals surface area (Å²) in [6, 6.07) is 0.511. The van der Waals surface area contributed by atoms with E-state index in [0.717, 1.165) is 31.1 Å². The van der Waals surface area contributed by atoms with E-state index in [-0.39, 0.29) is 0 Å². The zero-order valence-corrected chi connectivity index (χ0v) is 11.2. The molecule has 2 atom stereocenters. The number of hydrogen-bond acceptors (Lipinski definition) is 3. The molecule has 1 fully saturated rings. The monoisotopic (exact) mass is 236 g/mol. The molecule has 96 valence electrons. The fraction of sp³-hybridized carbons (Fsp3) is 0.846. The van der Waals surface area contributed by atoms with Gasteiger partial charge in [0.1, 0.15) is 11.6 Å². The average molecular weight is 236 g/mol. The van der Waals surface area contributed by atoms with Crippen LogP contribution in [0.2, 0.25) is 0 Å². The molecule has 1 aliphatic heterocycles. The number of aryl methyl sites for hydroxylation is 1. The van der Waals surface area contributed by atoms with E-state index >= 15 is 0 Å². The lowest BCUT2D eigenvalue weighted by Crippen LogP contribution is -2.31. The molecular formula is C13H24N4. The number of hydrogen-bond donors (Lipinski definition) is 1. The van der Waals surface area contributed by atoms with Gasteiger partial charge in [0.15, 0.2) is 0 Å². The molecule has 1 aromatic heterocycles. The molecule has 2 unspecified atom stereocenters. The number of aromatic nitrogens is 3. The van der Waals surface area contributed by atoms with Gasteiger partial charge in [0.2, 0.25) is 0 Å². The zero-order valence-electron chi connectivity index (χ0n) is 11.2. The van der Waals surface area contributed by atoms with Crippen LogP contribution in [0.5, 0.6) is 0 Å². The van der Waals surface area contributed by atoms with E-state index in [4.69, 9.17) is 0 Å². The highest BCUT2D eigenvalue weighted by molar-refractivity contribution is 4.98. The van der Waals surface area contributed by atoms with Gasteiger partial charge in [-0.05, 0) is 52.1 Å². The van der Waals surface area contributed by atoms with Crippen molar-refractivity contribution in [2.45, 2.75) is 52.5 Å². The Bertz CT molecular complexity index is 352. The van der Waals surface area contributed by atoms with Crippen molar-refractivity contribution >= 4 is 0 Å². The normalized spacial score (nSPS) is 22.6. The van der Waals surface area contributed by atoms with E-state index in [2.05, 4.69) is 40.9 Å². The van der Waals surface area contributed by atoms with E-state index in [9.17, 15) is 0 Å². The Hall–Kier alpha value is -0.900. The first kappa shape index (κ1) is 12.6. The van der Waals surface area contributed by atoms with Crippen LogP contribution in [-0.2, 0) is 6.42 Å². The minimum Gasteiger partial charge on any atom is -0.316 e. The van der Waals surface area contributed by atoms with Crippen LogP contribution in [0.1, 0.15) is 50.8 Å². The number of rotatable bonds is 4. The average Bonchev–Trinajstić information content (AvgIpc) is 2.71. The third-order valence-corrected chi connectivity index (χ3v) is 3.84. The third-order valence-electron chi connectivity index (χ3n) is 3.84. The Morgan fingerprint density at radius 3 is 2.94 bits per heavy atom. The molecule has 0 amide bonds. The quantitative estimate of drug-likeness (QED) is 0.870. The van der Waals surface area contributed by atoms with Gasteiger partial charge in [-0.25, -0.2) is 0 Å². The summed E-state index contributed by atoms with van der Waals surface area (Å²) >= 11 is 0. The minimum absolute atomic E-state index is 0.511. The summed E-state index contributed by atoms with van der Waals surface area (Å²) < 4.78 is 2.31. The van der Waals surface area contributed by atoms with Gasteiger partial charge in [-0.15, -0.1) is 10.2 Å². The molecule has 0 radical (unpaired) electrons. The van der Waals surface area contributed by atoms with Gasteiger partial charge in [-0.1, -0.05) is 6.92 Å². The predicted octanol–water partition coefficient (Wildman–Crippen LogP) is 2.10. The standard InChI is InChI=1S/C13H24N4/c1-4-10(2)17-11(3)15-16-13(17)8-12-6-5-7-14-9-12/h10,12,14H,4-9H2,1-3H3. The highest BCUT2D eigenvalue weighted by atomic mass is 15.3. The molecule has 1 aromatic rings. The van der Waals surface area contributed by atoms with Crippen LogP contribution in [-0.4, -0.2) is 27.9 Å². The summed E-state index contributed by atoms with van der Waals surface area (Å²) in [7, 11) is 0. The van der Waals surface area contributed by atoms with Gasteiger partial charge in [0.05, 0.1) is 0 Å². The fourth-order valence-corrected chi connectivity index (χ4v) is 2.66. The van der Waals surface area contributed by atoms with Gasteiger partial charge in [-0.2, -0.15) is 0 Å². The third kappa shape index (κ3) is 2.86. The van der Waals surface area contributed by atoms with E-state index in [1.807, 2.05) is 0 Å². The molecular weight excluding hydrogens is 212 g/mol. The van der Waals surface area contributed by atoms with Crippen LogP contribution >= 0.6 is 0 Å². The molecule has 2 heterocycles. The van der Waals surface area contributed by atoms with Gasteiger partial charge in [-0.3, -0.25) is 0 Å². The van der Waals surface area contributed by atoms with Crippen molar-refractivity contribution in [1.82, 2.24) is 20.1 Å². The van der Waals surface area contributed by atoms with Crippen LogP contribution in [0.3, 0.4) is 0 Å². The molecule has 0 bridgehead atoms. The van der Waals surface area contributed by atoms with Crippen molar-refractivity contribution in [2.75, 3.05) is 13.1 Å². The summed E-state index contributed by atoms with van der Waals surface area (Å²) in [6.07, 6.45) is 4.81. The second kappa shape index (κ2) is 5.63. The molecule has 4 nitrogen and oxygen atoms in total. The topological polar surface area (TPSA) is 42.7 Å². The largest absolute Gasteiger partial charge is 0.316 e. The molecule has 1 saturated heterocycles. The Balaban J connectivity index is 2.09. The Morgan fingerprint density at radius 2 is 2.29 bits per heavy atom. The molecule has 0 saturated carbocycles. The Labute approximate surface area is 104 Å². The van der Waals surface area contributed by atoms with E-state index in [1.54, 1.807) is 0 Å². The summed E-state index contributed by atoms with van der Waals surface area (Å²) in [6.45, 7) is 8.83. The van der Waals surface area contributed by atoms with E-state index in [1.165, 1.54) is 25.2 Å². The Kier molecular flexibility index (Phi) is 4.15. The lowest BCUT2D eigenvalue weighted by molar-refractivity contribution is 0.360. The first-order valence-corrected chi connectivity index (χ1v) is 6.83. The minimum atomic E-state index is 0.511. The molecule has 4 heteroatoms. The van der Waals surface area contributed by atoms with Gasteiger partial charge < -0.3 is 9.88 Å². The van der Waals surface area contributed by atoms with Gasteiger partial charge in [0.25, 0.3) is 0 Å². The van der Waals surface area contributed by atoms with Gasteiger partial charge >= 0.3 is 0 Å². The highest BCUT2D eigenvalue weighted by Gasteiger charge is 2.19. The lowest BCUT2D eigenvalue weighted by Gasteiger charge is -2.23. The van der Waals surface area contributed by atoms with E-state index in [0.29, 0.717) is 6.04 Å².